The van der Waals surface area contributed by atoms with Crippen LogP contribution in [0.15, 0.2) is 59.6 Å². The quantitative estimate of drug-likeness (QED) is 0.612. The maximum Gasteiger partial charge on any atom is 0.154 e. The summed E-state index contributed by atoms with van der Waals surface area (Å²) in [4.78, 5) is 4.16. The summed E-state index contributed by atoms with van der Waals surface area (Å²) < 4.78 is 0. The molecular formula is C15H15N3. The Kier molecular flexibility index (Phi) is 3.53. The molecule has 0 aliphatic rings. The highest BCUT2D eigenvalue weighted by atomic mass is 14.9. The summed E-state index contributed by atoms with van der Waals surface area (Å²) in [6.07, 6.45) is 0. The molecule has 18 heavy (non-hydrogen) atoms. The van der Waals surface area contributed by atoms with Gasteiger partial charge in [0.2, 0.25) is 0 Å². The van der Waals surface area contributed by atoms with E-state index in [0.717, 1.165) is 16.7 Å². The fourth-order valence-electron chi connectivity index (χ4n) is 1.70. The Hall–Kier alpha value is -2.42. The summed E-state index contributed by atoms with van der Waals surface area (Å²) in [5, 5.41) is 7.91. The number of nitrogens with zero attached hydrogens (tertiary/aromatic N) is 1. The van der Waals surface area contributed by atoms with E-state index in [1.807, 2.05) is 61.5 Å². The molecule has 2 aromatic carbocycles. The molecule has 0 amide bonds. The summed E-state index contributed by atoms with van der Waals surface area (Å²) in [6.45, 7) is 1.98. The normalized spacial score (nSPS) is 11.3. The zero-order valence-electron chi connectivity index (χ0n) is 10.2. The van der Waals surface area contributed by atoms with Gasteiger partial charge >= 0.3 is 0 Å². The fourth-order valence-corrected chi connectivity index (χ4v) is 1.70. The molecule has 0 saturated heterocycles. The Morgan fingerprint density at radius 3 is 2.28 bits per heavy atom. The Labute approximate surface area is 107 Å². The molecule has 0 bridgehead atoms. The molecule has 0 saturated carbocycles. The number of hydrogen-bond donors (Lipinski definition) is 2. The van der Waals surface area contributed by atoms with Crippen LogP contribution in [0.3, 0.4) is 0 Å². The first kappa shape index (κ1) is 12.0. The fraction of sp³-hybridized carbons (Fsp3) is 0.0667. The van der Waals surface area contributed by atoms with Gasteiger partial charge in [-0.3, -0.25) is 5.41 Å². The van der Waals surface area contributed by atoms with Crippen LogP contribution in [0.1, 0.15) is 16.7 Å². The average Bonchev–Trinajstić information content (AvgIpc) is 2.40. The van der Waals surface area contributed by atoms with E-state index in [4.69, 9.17) is 11.1 Å². The number of nitrogens with one attached hydrogen (secondary N) is 1. The maximum absolute atomic E-state index is 7.91. The van der Waals surface area contributed by atoms with Crippen molar-refractivity contribution in [2.45, 2.75) is 6.92 Å². The first-order valence-electron chi connectivity index (χ1n) is 5.72. The van der Waals surface area contributed by atoms with Crippen molar-refractivity contribution in [3.8, 4) is 0 Å². The van der Waals surface area contributed by atoms with Crippen LogP contribution in [0.4, 0.5) is 0 Å². The van der Waals surface area contributed by atoms with Crippen molar-refractivity contribution in [1.29, 1.82) is 5.41 Å². The van der Waals surface area contributed by atoms with Gasteiger partial charge in [0.05, 0.1) is 0 Å². The molecule has 0 unspecified atom stereocenters. The van der Waals surface area contributed by atoms with Crippen LogP contribution in [-0.2, 0) is 0 Å². The number of amidine groups is 2. The zero-order chi connectivity index (χ0) is 13.0. The van der Waals surface area contributed by atoms with Gasteiger partial charge in [0.1, 0.15) is 5.84 Å². The average molecular weight is 237 g/mol. The van der Waals surface area contributed by atoms with Gasteiger partial charge in [-0.25, -0.2) is 4.99 Å². The Balaban J connectivity index is 2.30. The van der Waals surface area contributed by atoms with Gasteiger partial charge in [-0.15, -0.1) is 0 Å². The first-order chi connectivity index (χ1) is 8.68. The molecular weight excluding hydrogens is 222 g/mol. The van der Waals surface area contributed by atoms with Crippen molar-refractivity contribution < 1.29 is 0 Å². The lowest BCUT2D eigenvalue weighted by Gasteiger charge is -2.05. The SMILES string of the molecule is Cc1ccccc1/C(N)=N/C(=N)c1ccccc1. The van der Waals surface area contributed by atoms with Crippen LogP contribution in [0.25, 0.3) is 0 Å². The summed E-state index contributed by atoms with van der Waals surface area (Å²) in [5.41, 5.74) is 8.63. The second-order valence-electron chi connectivity index (χ2n) is 4.03. The number of aliphatic imine (C=N–C) groups is 1. The van der Waals surface area contributed by atoms with Crippen molar-refractivity contribution in [2.24, 2.45) is 10.7 Å². The molecule has 2 aromatic rings. The van der Waals surface area contributed by atoms with Crippen molar-refractivity contribution in [1.82, 2.24) is 0 Å². The molecule has 0 heterocycles. The second-order valence-corrected chi connectivity index (χ2v) is 4.03. The van der Waals surface area contributed by atoms with E-state index in [0.29, 0.717) is 5.84 Å². The Bertz CT molecular complexity index is 586. The monoisotopic (exact) mass is 237 g/mol. The van der Waals surface area contributed by atoms with E-state index in [-0.39, 0.29) is 5.84 Å². The predicted octanol–water partition coefficient (Wildman–Crippen LogP) is 2.73. The molecule has 0 spiro atoms. The van der Waals surface area contributed by atoms with E-state index in [1.165, 1.54) is 0 Å². The molecule has 3 N–H and O–H groups in total. The van der Waals surface area contributed by atoms with Gasteiger partial charge < -0.3 is 5.73 Å². The van der Waals surface area contributed by atoms with Gasteiger partial charge in [0.25, 0.3) is 0 Å². The van der Waals surface area contributed by atoms with Crippen molar-refractivity contribution in [3.63, 3.8) is 0 Å². The lowest BCUT2D eigenvalue weighted by molar-refractivity contribution is 1.37. The highest BCUT2D eigenvalue weighted by Crippen LogP contribution is 2.08. The number of aryl methyl sites for hydroxylation is 1. The minimum Gasteiger partial charge on any atom is -0.383 e. The van der Waals surface area contributed by atoms with E-state index >= 15 is 0 Å². The van der Waals surface area contributed by atoms with Crippen molar-refractivity contribution >= 4 is 11.7 Å². The smallest absolute Gasteiger partial charge is 0.154 e. The minimum absolute atomic E-state index is 0.177. The molecule has 0 radical (unpaired) electrons. The van der Waals surface area contributed by atoms with Gasteiger partial charge in [0, 0.05) is 11.1 Å². The van der Waals surface area contributed by atoms with E-state index in [9.17, 15) is 0 Å². The summed E-state index contributed by atoms with van der Waals surface area (Å²) in [5.74, 6) is 0.554. The number of benzene rings is 2. The lowest BCUT2D eigenvalue weighted by Crippen LogP contribution is -2.17. The Morgan fingerprint density at radius 1 is 1.00 bits per heavy atom. The van der Waals surface area contributed by atoms with E-state index in [2.05, 4.69) is 4.99 Å². The second kappa shape index (κ2) is 5.27. The summed E-state index contributed by atoms with van der Waals surface area (Å²) in [6, 6.07) is 17.1. The summed E-state index contributed by atoms with van der Waals surface area (Å²) >= 11 is 0. The topological polar surface area (TPSA) is 62.2 Å². The highest BCUT2D eigenvalue weighted by molar-refractivity contribution is 6.10. The standard InChI is InChI=1S/C15H15N3/c1-11-7-5-6-10-13(11)15(17)18-14(16)12-8-3-2-4-9-12/h2-10H,1H3,(H3,16,17,18). The molecule has 2 rings (SSSR count). The molecule has 3 nitrogen and oxygen atoms in total. The largest absolute Gasteiger partial charge is 0.383 e. The third kappa shape index (κ3) is 2.63. The number of hydrogen-bond acceptors (Lipinski definition) is 1. The molecule has 0 aliphatic heterocycles. The molecule has 0 atom stereocenters. The highest BCUT2D eigenvalue weighted by Gasteiger charge is 2.04. The van der Waals surface area contributed by atoms with Gasteiger partial charge in [-0.1, -0.05) is 54.6 Å². The van der Waals surface area contributed by atoms with Gasteiger partial charge in [-0.05, 0) is 12.5 Å². The zero-order valence-corrected chi connectivity index (χ0v) is 10.2. The molecule has 3 heteroatoms. The number of nitrogens with two attached hydrogens (primary N) is 1. The van der Waals surface area contributed by atoms with Crippen LogP contribution in [0.5, 0.6) is 0 Å². The number of rotatable bonds is 2. The first-order valence-corrected chi connectivity index (χ1v) is 5.72. The molecule has 90 valence electrons. The predicted molar refractivity (Wildman–Crippen MR) is 75.2 cm³/mol. The van der Waals surface area contributed by atoms with E-state index in [1.54, 1.807) is 0 Å². The van der Waals surface area contributed by atoms with Gasteiger partial charge in [0.15, 0.2) is 5.84 Å². The molecule has 0 fully saturated rings. The molecule has 0 aromatic heterocycles. The van der Waals surface area contributed by atoms with Crippen LogP contribution >= 0.6 is 0 Å². The van der Waals surface area contributed by atoms with Crippen LogP contribution in [-0.4, -0.2) is 11.7 Å². The molecule has 0 aliphatic carbocycles. The summed E-state index contributed by atoms with van der Waals surface area (Å²) in [7, 11) is 0. The van der Waals surface area contributed by atoms with Crippen LogP contribution < -0.4 is 5.73 Å². The third-order valence-corrected chi connectivity index (χ3v) is 2.70. The van der Waals surface area contributed by atoms with Crippen LogP contribution in [0.2, 0.25) is 0 Å². The third-order valence-electron chi connectivity index (χ3n) is 2.70. The van der Waals surface area contributed by atoms with Crippen LogP contribution in [0, 0.1) is 12.3 Å². The van der Waals surface area contributed by atoms with E-state index < -0.39 is 0 Å². The minimum atomic E-state index is 0.177. The maximum atomic E-state index is 7.91. The van der Waals surface area contributed by atoms with Crippen molar-refractivity contribution in [2.75, 3.05) is 0 Å². The van der Waals surface area contributed by atoms with Crippen molar-refractivity contribution in [3.05, 3.63) is 71.3 Å². The Morgan fingerprint density at radius 2 is 1.61 bits per heavy atom. The lowest BCUT2D eigenvalue weighted by atomic mass is 10.1. The van der Waals surface area contributed by atoms with Gasteiger partial charge in [-0.2, -0.15) is 0 Å².